The first-order valence-electron chi connectivity index (χ1n) is 11.3. The second kappa shape index (κ2) is 8.09. The molecular formula is C27H22FN5O2. The van der Waals surface area contributed by atoms with Crippen molar-refractivity contribution in [1.29, 1.82) is 0 Å². The molecule has 0 unspecified atom stereocenters. The smallest absolute Gasteiger partial charge is 0.255 e. The molecule has 5 aromatic rings. The average molecular weight is 468 g/mol. The zero-order chi connectivity index (χ0) is 24.1. The van der Waals surface area contributed by atoms with Crippen LogP contribution in [0.5, 0.6) is 5.75 Å². The molecule has 174 valence electrons. The van der Waals surface area contributed by atoms with E-state index >= 15 is 0 Å². The van der Waals surface area contributed by atoms with E-state index in [0.29, 0.717) is 12.1 Å². The van der Waals surface area contributed by atoms with Crippen LogP contribution >= 0.6 is 0 Å². The number of carbonyl (C=O) groups is 1. The minimum atomic E-state index is -0.440. The maximum Gasteiger partial charge on any atom is 0.255 e. The lowest BCUT2D eigenvalue weighted by molar-refractivity contribution is 0.0715. The third kappa shape index (κ3) is 3.45. The molecule has 7 nitrogen and oxygen atoms in total. The van der Waals surface area contributed by atoms with E-state index in [1.807, 2.05) is 49.5 Å². The monoisotopic (exact) mass is 467 g/mol. The van der Waals surface area contributed by atoms with Gasteiger partial charge >= 0.3 is 0 Å². The molecule has 35 heavy (non-hydrogen) atoms. The average Bonchev–Trinajstić information content (AvgIpc) is 3.62. The fourth-order valence-corrected chi connectivity index (χ4v) is 4.75. The Morgan fingerprint density at radius 2 is 1.91 bits per heavy atom. The fraction of sp³-hybridized carbons (Fsp3) is 0.148. The van der Waals surface area contributed by atoms with Gasteiger partial charge in [0, 0.05) is 34.8 Å². The van der Waals surface area contributed by atoms with Crippen molar-refractivity contribution in [3.8, 4) is 28.1 Å². The van der Waals surface area contributed by atoms with Crippen molar-refractivity contribution in [1.82, 2.24) is 25.3 Å². The molecule has 2 aromatic heterocycles. The second-order valence-electron chi connectivity index (χ2n) is 8.69. The molecule has 3 aromatic carbocycles. The predicted molar refractivity (Wildman–Crippen MR) is 130 cm³/mol. The number of benzene rings is 3. The lowest BCUT2D eigenvalue weighted by atomic mass is 10.0. The van der Waals surface area contributed by atoms with E-state index in [4.69, 9.17) is 4.74 Å². The number of amides is 1. The number of nitrogens with zero attached hydrogens (tertiary/aromatic N) is 3. The highest BCUT2D eigenvalue weighted by Crippen LogP contribution is 2.36. The number of carbonyl (C=O) groups excluding carboxylic acids is 1. The summed E-state index contributed by atoms with van der Waals surface area (Å²) in [6.45, 7) is 2.36. The van der Waals surface area contributed by atoms with Crippen LogP contribution in [0.4, 0.5) is 4.39 Å². The van der Waals surface area contributed by atoms with Gasteiger partial charge in [-0.05, 0) is 60.0 Å². The molecule has 1 aliphatic rings. The first-order valence-corrected chi connectivity index (χ1v) is 11.3. The number of methoxy groups -OCH3 is 1. The molecule has 0 fully saturated rings. The maximum absolute atomic E-state index is 14.3. The molecule has 1 atom stereocenters. The first kappa shape index (κ1) is 21.1. The van der Waals surface area contributed by atoms with Gasteiger partial charge < -0.3 is 9.64 Å². The van der Waals surface area contributed by atoms with Crippen LogP contribution in [0.15, 0.2) is 67.0 Å². The molecule has 0 spiro atoms. The van der Waals surface area contributed by atoms with E-state index in [-0.39, 0.29) is 17.7 Å². The van der Waals surface area contributed by atoms with Crippen LogP contribution in [0.1, 0.15) is 34.5 Å². The van der Waals surface area contributed by atoms with Crippen molar-refractivity contribution in [2.75, 3.05) is 7.11 Å². The molecule has 0 aliphatic carbocycles. The maximum atomic E-state index is 14.3. The van der Waals surface area contributed by atoms with E-state index in [9.17, 15) is 9.18 Å². The number of halogens is 1. The van der Waals surface area contributed by atoms with Crippen molar-refractivity contribution >= 4 is 16.8 Å². The quantitative estimate of drug-likeness (QED) is 0.358. The Morgan fingerprint density at radius 3 is 2.69 bits per heavy atom. The highest BCUT2D eigenvalue weighted by molar-refractivity contribution is 6.00. The summed E-state index contributed by atoms with van der Waals surface area (Å²) in [6.07, 6.45) is 3.63. The number of rotatable bonds is 5. The van der Waals surface area contributed by atoms with Gasteiger partial charge in [0.05, 0.1) is 30.6 Å². The summed E-state index contributed by atoms with van der Waals surface area (Å²) in [5.74, 6) is -0.318. The van der Waals surface area contributed by atoms with Gasteiger partial charge in [0.1, 0.15) is 0 Å². The van der Waals surface area contributed by atoms with Gasteiger partial charge in [0.15, 0.2) is 11.6 Å². The van der Waals surface area contributed by atoms with Gasteiger partial charge in [-0.15, -0.1) is 0 Å². The molecule has 3 heterocycles. The Balaban J connectivity index is 1.30. The number of aromatic amines is 2. The Hall–Kier alpha value is -4.46. The van der Waals surface area contributed by atoms with Crippen LogP contribution < -0.4 is 4.74 Å². The number of fused-ring (bicyclic) bond motifs is 2. The molecule has 2 N–H and O–H groups in total. The number of ether oxygens (including phenoxy) is 1. The number of nitrogens with one attached hydrogen (secondary N) is 2. The standard InChI is InChI=1S/C27H22FN5O2/c1-15(16-5-8-25(35-2)23(28)10-16)33-14-19-9-18(4-6-21(19)27(33)34)26-22-7-3-17(11-24(22)31-32-26)20-12-29-30-13-20/h3-13,15H,14H2,1-2H3,(H,29,30)(H,31,32)/t15-/m1/s1. The summed E-state index contributed by atoms with van der Waals surface area (Å²) in [6, 6.07) is 16.5. The van der Waals surface area contributed by atoms with Crippen LogP contribution in [0.25, 0.3) is 33.3 Å². The van der Waals surface area contributed by atoms with Gasteiger partial charge in [-0.2, -0.15) is 10.2 Å². The van der Waals surface area contributed by atoms with Crippen LogP contribution in [-0.2, 0) is 6.54 Å². The molecular weight excluding hydrogens is 445 g/mol. The third-order valence-electron chi connectivity index (χ3n) is 6.73. The molecule has 0 saturated carbocycles. The molecule has 0 radical (unpaired) electrons. The van der Waals surface area contributed by atoms with E-state index in [0.717, 1.165) is 44.4 Å². The number of hydrogen-bond acceptors (Lipinski definition) is 4. The van der Waals surface area contributed by atoms with Crippen molar-refractivity contribution in [3.63, 3.8) is 0 Å². The van der Waals surface area contributed by atoms with E-state index < -0.39 is 5.82 Å². The van der Waals surface area contributed by atoms with E-state index in [1.165, 1.54) is 13.2 Å². The van der Waals surface area contributed by atoms with Crippen LogP contribution in [0.2, 0.25) is 0 Å². The first-order chi connectivity index (χ1) is 17.0. The summed E-state index contributed by atoms with van der Waals surface area (Å²) in [7, 11) is 1.43. The Morgan fingerprint density at radius 1 is 1.06 bits per heavy atom. The van der Waals surface area contributed by atoms with Gasteiger partial charge in [-0.25, -0.2) is 4.39 Å². The Labute approximate surface area is 200 Å². The predicted octanol–water partition coefficient (Wildman–Crippen LogP) is 5.48. The zero-order valence-corrected chi connectivity index (χ0v) is 19.2. The normalized spacial score (nSPS) is 13.9. The molecule has 8 heteroatoms. The van der Waals surface area contributed by atoms with Crippen LogP contribution in [0.3, 0.4) is 0 Å². The molecule has 1 amide bonds. The van der Waals surface area contributed by atoms with Crippen molar-refractivity contribution < 1.29 is 13.9 Å². The number of H-pyrrole nitrogens is 2. The molecule has 1 aliphatic heterocycles. The van der Waals surface area contributed by atoms with Gasteiger partial charge in [-0.3, -0.25) is 15.0 Å². The van der Waals surface area contributed by atoms with Crippen LogP contribution in [0, 0.1) is 5.82 Å². The van der Waals surface area contributed by atoms with E-state index in [1.54, 1.807) is 23.2 Å². The number of hydrogen-bond donors (Lipinski definition) is 2. The zero-order valence-electron chi connectivity index (χ0n) is 19.2. The van der Waals surface area contributed by atoms with Gasteiger partial charge in [-0.1, -0.05) is 18.2 Å². The van der Waals surface area contributed by atoms with Crippen molar-refractivity contribution in [2.24, 2.45) is 0 Å². The number of aromatic nitrogens is 4. The van der Waals surface area contributed by atoms with Gasteiger partial charge in [0.2, 0.25) is 0 Å². The van der Waals surface area contributed by atoms with Crippen molar-refractivity contribution in [2.45, 2.75) is 19.5 Å². The lowest BCUT2D eigenvalue weighted by Gasteiger charge is -2.25. The summed E-state index contributed by atoms with van der Waals surface area (Å²) in [5.41, 5.74) is 7.05. The lowest BCUT2D eigenvalue weighted by Crippen LogP contribution is -2.27. The fourth-order valence-electron chi connectivity index (χ4n) is 4.75. The molecule has 0 bridgehead atoms. The topological polar surface area (TPSA) is 86.9 Å². The van der Waals surface area contributed by atoms with Crippen LogP contribution in [-0.4, -0.2) is 38.3 Å². The Kier molecular flexibility index (Phi) is 4.88. The summed E-state index contributed by atoms with van der Waals surface area (Å²) < 4.78 is 19.3. The molecule has 0 saturated heterocycles. The largest absolute Gasteiger partial charge is 0.494 e. The minimum absolute atomic E-state index is 0.0630. The second-order valence-corrected chi connectivity index (χ2v) is 8.69. The van der Waals surface area contributed by atoms with Gasteiger partial charge in [0.25, 0.3) is 5.91 Å². The van der Waals surface area contributed by atoms with Crippen molar-refractivity contribution in [3.05, 3.63) is 89.5 Å². The molecule has 6 rings (SSSR count). The third-order valence-corrected chi connectivity index (χ3v) is 6.73. The SMILES string of the molecule is COc1ccc([C@@H](C)N2Cc3cc(-c4n[nH]c5cc(-c6cn[nH]c6)ccc45)ccc3C2=O)cc1F. The summed E-state index contributed by atoms with van der Waals surface area (Å²) in [4.78, 5) is 14.9. The minimum Gasteiger partial charge on any atom is -0.494 e. The summed E-state index contributed by atoms with van der Waals surface area (Å²) in [5, 5.41) is 15.5. The van der Waals surface area contributed by atoms with E-state index in [2.05, 4.69) is 20.4 Å². The Bertz CT molecular complexity index is 1570. The highest BCUT2D eigenvalue weighted by Gasteiger charge is 2.32. The summed E-state index contributed by atoms with van der Waals surface area (Å²) >= 11 is 0. The highest BCUT2D eigenvalue weighted by atomic mass is 19.1.